The maximum Gasteiger partial charge on any atom is 0.244 e. The minimum absolute atomic E-state index is 0.111. The number of carbonyl (C=O) groups is 1. The van der Waals surface area contributed by atoms with E-state index in [4.69, 9.17) is 10.00 Å². The van der Waals surface area contributed by atoms with Gasteiger partial charge < -0.3 is 14.6 Å². The number of rotatable bonds is 8. The quantitative estimate of drug-likeness (QED) is 0.562. The smallest absolute Gasteiger partial charge is 0.244 e. The van der Waals surface area contributed by atoms with Crippen LogP contribution >= 0.6 is 0 Å². The number of amides is 1. The zero-order valence-electron chi connectivity index (χ0n) is 16.8. The molecule has 5 heteroatoms. The van der Waals surface area contributed by atoms with E-state index in [0.717, 1.165) is 27.8 Å². The summed E-state index contributed by atoms with van der Waals surface area (Å²) in [6, 6.07) is 17.8. The lowest BCUT2D eigenvalue weighted by atomic mass is 10.1. The number of para-hydroxylation sites is 1. The third kappa shape index (κ3) is 5.05. The average molecular weight is 387 g/mol. The molecule has 0 spiro atoms. The highest BCUT2D eigenvalue weighted by Gasteiger charge is 2.09. The molecule has 3 rings (SSSR count). The summed E-state index contributed by atoms with van der Waals surface area (Å²) in [5.41, 5.74) is 3.04. The molecular weight excluding hydrogens is 362 g/mol. The predicted molar refractivity (Wildman–Crippen MR) is 115 cm³/mol. The molecular formula is C24H25N3O2. The van der Waals surface area contributed by atoms with Crippen LogP contribution in [0.1, 0.15) is 37.4 Å². The largest absolute Gasteiger partial charge is 0.494 e. The fraction of sp³-hybridized carbons (Fsp3) is 0.250. The van der Waals surface area contributed by atoms with Crippen LogP contribution in [0.15, 0.2) is 60.8 Å². The molecule has 0 aliphatic carbocycles. The number of nitrogens with one attached hydrogen (secondary N) is 1. The second-order valence-corrected chi connectivity index (χ2v) is 6.77. The summed E-state index contributed by atoms with van der Waals surface area (Å²) in [6.07, 6.45) is 5.82. The van der Waals surface area contributed by atoms with Gasteiger partial charge in [0.2, 0.25) is 5.91 Å². The van der Waals surface area contributed by atoms with Crippen LogP contribution in [-0.2, 0) is 11.3 Å². The van der Waals surface area contributed by atoms with Crippen molar-refractivity contribution in [2.45, 2.75) is 32.9 Å². The highest BCUT2D eigenvalue weighted by Crippen LogP contribution is 2.23. The zero-order valence-corrected chi connectivity index (χ0v) is 16.8. The molecule has 1 atom stereocenters. The lowest BCUT2D eigenvalue weighted by Crippen LogP contribution is -2.24. The Kier molecular flexibility index (Phi) is 6.70. The van der Waals surface area contributed by atoms with Crippen LogP contribution in [0.4, 0.5) is 0 Å². The van der Waals surface area contributed by atoms with E-state index in [1.807, 2.05) is 74.7 Å². The van der Waals surface area contributed by atoms with Gasteiger partial charge in [0, 0.05) is 35.3 Å². The van der Waals surface area contributed by atoms with Crippen molar-refractivity contribution in [3.8, 4) is 11.8 Å². The number of benzene rings is 2. The van der Waals surface area contributed by atoms with E-state index in [-0.39, 0.29) is 11.9 Å². The van der Waals surface area contributed by atoms with Crippen LogP contribution in [0.2, 0.25) is 0 Å². The van der Waals surface area contributed by atoms with Crippen LogP contribution in [0.25, 0.3) is 17.0 Å². The van der Waals surface area contributed by atoms with Crippen molar-refractivity contribution in [3.63, 3.8) is 0 Å². The number of ether oxygens (including phenoxy) is 1. The molecule has 1 N–H and O–H groups in total. The summed E-state index contributed by atoms with van der Waals surface area (Å²) in [6.45, 7) is 5.16. The molecule has 148 valence electrons. The maximum absolute atomic E-state index is 12.4. The van der Waals surface area contributed by atoms with Gasteiger partial charge in [-0.05, 0) is 43.7 Å². The van der Waals surface area contributed by atoms with Crippen molar-refractivity contribution < 1.29 is 9.53 Å². The van der Waals surface area contributed by atoms with E-state index in [1.54, 1.807) is 6.08 Å². The van der Waals surface area contributed by atoms with Crippen molar-refractivity contribution in [1.82, 2.24) is 9.88 Å². The molecule has 0 saturated heterocycles. The van der Waals surface area contributed by atoms with Gasteiger partial charge in [0.05, 0.1) is 25.1 Å². The summed E-state index contributed by atoms with van der Waals surface area (Å²) in [5.74, 6) is 0.669. The number of carbonyl (C=O) groups excluding carboxylic acids is 1. The van der Waals surface area contributed by atoms with Crippen molar-refractivity contribution >= 4 is 22.9 Å². The zero-order chi connectivity index (χ0) is 20.6. The van der Waals surface area contributed by atoms with Gasteiger partial charge in [-0.1, -0.05) is 30.3 Å². The Morgan fingerprint density at radius 2 is 2.00 bits per heavy atom. The van der Waals surface area contributed by atoms with Gasteiger partial charge in [0.15, 0.2) is 0 Å². The van der Waals surface area contributed by atoms with Crippen LogP contribution in [0, 0.1) is 11.3 Å². The molecule has 0 fully saturated rings. The Labute approximate surface area is 171 Å². The lowest BCUT2D eigenvalue weighted by molar-refractivity contribution is -0.117. The number of aryl methyl sites for hydroxylation is 1. The first-order valence-corrected chi connectivity index (χ1v) is 9.78. The fourth-order valence-electron chi connectivity index (χ4n) is 3.29. The van der Waals surface area contributed by atoms with E-state index in [2.05, 4.69) is 16.0 Å². The Morgan fingerprint density at radius 1 is 1.24 bits per heavy atom. The number of nitriles is 1. The highest BCUT2D eigenvalue weighted by molar-refractivity contribution is 5.96. The van der Waals surface area contributed by atoms with E-state index in [0.29, 0.717) is 19.6 Å². The molecule has 29 heavy (non-hydrogen) atoms. The van der Waals surface area contributed by atoms with Crippen LogP contribution < -0.4 is 10.1 Å². The highest BCUT2D eigenvalue weighted by atomic mass is 16.5. The minimum Gasteiger partial charge on any atom is -0.494 e. The fourth-order valence-corrected chi connectivity index (χ4v) is 3.29. The van der Waals surface area contributed by atoms with Gasteiger partial charge in [-0.25, -0.2) is 0 Å². The standard InChI is InChI=1S/C24H25N3O2/c1-3-29-21-12-9-19(10-13-21)18(2)26-24(28)14-11-20-17-27(16-6-15-25)23-8-5-4-7-22(20)23/h4-5,7-14,17-18H,3,6,16H2,1-2H3,(H,26,28)/b14-11+. The Bertz CT molecular complexity index is 1040. The molecule has 1 aromatic heterocycles. The number of nitrogens with zero attached hydrogens (tertiary/aromatic N) is 2. The number of aromatic nitrogens is 1. The molecule has 0 bridgehead atoms. The van der Waals surface area contributed by atoms with Crippen molar-refractivity contribution in [3.05, 3.63) is 71.9 Å². The van der Waals surface area contributed by atoms with Crippen molar-refractivity contribution in [1.29, 1.82) is 5.26 Å². The third-order valence-corrected chi connectivity index (χ3v) is 4.75. The molecule has 1 amide bonds. The summed E-state index contributed by atoms with van der Waals surface area (Å²) < 4.78 is 7.51. The third-order valence-electron chi connectivity index (χ3n) is 4.75. The summed E-state index contributed by atoms with van der Waals surface area (Å²) in [4.78, 5) is 12.4. The summed E-state index contributed by atoms with van der Waals surface area (Å²) >= 11 is 0. The van der Waals surface area contributed by atoms with Gasteiger partial charge in [-0.15, -0.1) is 0 Å². The maximum atomic E-state index is 12.4. The van der Waals surface area contributed by atoms with Crippen LogP contribution in [0.5, 0.6) is 5.75 Å². The Hall–Kier alpha value is -3.52. The van der Waals surface area contributed by atoms with Gasteiger partial charge in [0.25, 0.3) is 0 Å². The molecule has 0 saturated carbocycles. The van der Waals surface area contributed by atoms with E-state index < -0.39 is 0 Å². The van der Waals surface area contributed by atoms with Gasteiger partial charge in [-0.3, -0.25) is 4.79 Å². The molecule has 1 unspecified atom stereocenters. The molecule has 0 radical (unpaired) electrons. The van der Waals surface area contributed by atoms with Gasteiger partial charge >= 0.3 is 0 Å². The number of hydrogen-bond acceptors (Lipinski definition) is 3. The Balaban J connectivity index is 1.69. The minimum atomic E-state index is -0.153. The SMILES string of the molecule is CCOc1ccc(C(C)NC(=O)/C=C/c2cn(CCC#N)c3ccccc23)cc1. The first-order valence-electron chi connectivity index (χ1n) is 9.78. The molecule has 3 aromatic rings. The first kappa shape index (κ1) is 20.2. The lowest BCUT2D eigenvalue weighted by Gasteiger charge is -2.13. The monoisotopic (exact) mass is 387 g/mol. The number of hydrogen-bond donors (Lipinski definition) is 1. The van der Waals surface area contributed by atoms with Crippen molar-refractivity contribution in [2.24, 2.45) is 0 Å². The van der Waals surface area contributed by atoms with E-state index in [1.165, 1.54) is 0 Å². The molecule has 0 aliphatic heterocycles. The summed E-state index contributed by atoms with van der Waals surface area (Å²) in [7, 11) is 0. The topological polar surface area (TPSA) is 67.0 Å². The van der Waals surface area contributed by atoms with Gasteiger partial charge in [0.1, 0.15) is 5.75 Å². The first-order chi connectivity index (χ1) is 14.1. The van der Waals surface area contributed by atoms with E-state index >= 15 is 0 Å². The molecule has 5 nitrogen and oxygen atoms in total. The van der Waals surface area contributed by atoms with Crippen molar-refractivity contribution in [2.75, 3.05) is 6.61 Å². The summed E-state index contributed by atoms with van der Waals surface area (Å²) in [5, 5.41) is 12.9. The van der Waals surface area contributed by atoms with Crippen LogP contribution in [0.3, 0.4) is 0 Å². The van der Waals surface area contributed by atoms with Crippen LogP contribution in [-0.4, -0.2) is 17.1 Å². The Morgan fingerprint density at radius 3 is 2.72 bits per heavy atom. The molecule has 0 aliphatic rings. The molecule has 1 heterocycles. The normalized spacial score (nSPS) is 12.0. The average Bonchev–Trinajstić information content (AvgIpc) is 3.09. The molecule has 2 aromatic carbocycles. The van der Waals surface area contributed by atoms with E-state index in [9.17, 15) is 4.79 Å². The second-order valence-electron chi connectivity index (χ2n) is 6.77. The van der Waals surface area contributed by atoms with Gasteiger partial charge in [-0.2, -0.15) is 5.26 Å². The number of fused-ring (bicyclic) bond motifs is 1. The second kappa shape index (κ2) is 9.61. The predicted octanol–water partition coefficient (Wildman–Crippen LogP) is 4.84.